The summed E-state index contributed by atoms with van der Waals surface area (Å²) in [4.78, 5) is 37.8. The molecule has 3 rings (SSSR count). The van der Waals surface area contributed by atoms with Gasteiger partial charge in [-0.25, -0.2) is 14.1 Å². The summed E-state index contributed by atoms with van der Waals surface area (Å²) in [6.45, 7) is 1.81. The number of rotatable bonds is 2. The molecule has 0 aliphatic carbocycles. The Labute approximate surface area is 151 Å². The van der Waals surface area contributed by atoms with E-state index in [1.165, 1.54) is 24.3 Å². The second-order valence-electron chi connectivity index (χ2n) is 5.45. The topological polar surface area (TPSA) is 66.5 Å². The largest absolute Gasteiger partial charge is 0.335 e. The number of anilines is 1. The normalized spacial score (nSPS) is 16.4. The molecule has 1 saturated heterocycles. The fourth-order valence-corrected chi connectivity index (χ4v) is 2.67. The van der Waals surface area contributed by atoms with Gasteiger partial charge in [-0.3, -0.25) is 14.9 Å². The van der Waals surface area contributed by atoms with Crippen molar-refractivity contribution in [1.29, 1.82) is 0 Å². The van der Waals surface area contributed by atoms with Crippen LogP contribution in [0, 0.1) is 12.7 Å². The van der Waals surface area contributed by atoms with Crippen LogP contribution in [0.1, 0.15) is 11.1 Å². The maximum atomic E-state index is 13.3. The lowest BCUT2D eigenvalue weighted by Gasteiger charge is -2.26. The van der Waals surface area contributed by atoms with E-state index in [0.717, 1.165) is 14.9 Å². The number of benzene rings is 2. The Balaban J connectivity index is 2.03. The van der Waals surface area contributed by atoms with Gasteiger partial charge in [0.1, 0.15) is 11.4 Å². The molecule has 1 aliphatic heterocycles. The molecule has 0 saturated carbocycles. The lowest BCUT2D eigenvalue weighted by atomic mass is 10.1. The summed E-state index contributed by atoms with van der Waals surface area (Å²) >= 11 is 3.35. The molecule has 2 aromatic rings. The first kappa shape index (κ1) is 17.0. The Morgan fingerprint density at radius 3 is 2.56 bits per heavy atom. The zero-order valence-electron chi connectivity index (χ0n) is 13.0. The molecule has 0 unspecified atom stereocenters. The van der Waals surface area contributed by atoms with Crippen LogP contribution < -0.4 is 10.2 Å². The molecule has 0 radical (unpaired) electrons. The number of carbonyl (C=O) groups excluding carboxylic acids is 3. The monoisotopic (exact) mass is 402 g/mol. The number of nitrogens with one attached hydrogen (secondary N) is 1. The Hall–Kier alpha value is -2.80. The average molecular weight is 403 g/mol. The molecule has 126 valence electrons. The van der Waals surface area contributed by atoms with Crippen LogP contribution in [0.15, 0.2) is 52.5 Å². The van der Waals surface area contributed by atoms with Crippen molar-refractivity contribution in [3.8, 4) is 0 Å². The fourth-order valence-electron chi connectivity index (χ4n) is 2.42. The number of barbiturate groups is 1. The quantitative estimate of drug-likeness (QED) is 0.616. The summed E-state index contributed by atoms with van der Waals surface area (Å²) in [5.74, 6) is -2.07. The number of carbonyl (C=O) groups is 3. The lowest BCUT2D eigenvalue weighted by molar-refractivity contribution is -0.122. The van der Waals surface area contributed by atoms with E-state index in [4.69, 9.17) is 0 Å². The van der Waals surface area contributed by atoms with Crippen molar-refractivity contribution in [2.24, 2.45) is 0 Å². The molecule has 0 spiro atoms. The highest BCUT2D eigenvalue weighted by molar-refractivity contribution is 9.10. The molecular weight excluding hydrogens is 391 g/mol. The second kappa shape index (κ2) is 6.60. The van der Waals surface area contributed by atoms with Gasteiger partial charge in [-0.15, -0.1) is 0 Å². The van der Waals surface area contributed by atoms with Crippen LogP contribution >= 0.6 is 15.9 Å². The first-order chi connectivity index (χ1) is 11.9. The van der Waals surface area contributed by atoms with Crippen molar-refractivity contribution in [2.75, 3.05) is 4.90 Å². The number of amides is 4. The fraction of sp³-hybridized carbons (Fsp3) is 0.0556. The second-order valence-corrected chi connectivity index (χ2v) is 6.30. The van der Waals surface area contributed by atoms with Gasteiger partial charge in [-0.2, -0.15) is 0 Å². The van der Waals surface area contributed by atoms with Crippen molar-refractivity contribution in [3.63, 3.8) is 0 Å². The third-order valence-corrected chi connectivity index (χ3v) is 4.55. The summed E-state index contributed by atoms with van der Waals surface area (Å²) < 4.78 is 14.1. The Bertz CT molecular complexity index is 940. The standard InChI is InChI=1S/C18H12BrFN2O3/c1-10-7-13(5-6-15(10)19)22-17(24)14(16(23)21-18(22)25)9-11-3-2-4-12(20)8-11/h2-9H,1H3,(H,21,23,25). The lowest BCUT2D eigenvalue weighted by Crippen LogP contribution is -2.54. The first-order valence-electron chi connectivity index (χ1n) is 7.30. The van der Waals surface area contributed by atoms with E-state index in [1.54, 1.807) is 24.3 Å². The van der Waals surface area contributed by atoms with Crippen molar-refractivity contribution in [2.45, 2.75) is 6.92 Å². The number of nitrogens with zero attached hydrogens (tertiary/aromatic N) is 1. The zero-order chi connectivity index (χ0) is 18.1. The molecule has 1 heterocycles. The van der Waals surface area contributed by atoms with Gasteiger partial charge in [0.15, 0.2) is 0 Å². The molecule has 25 heavy (non-hydrogen) atoms. The summed E-state index contributed by atoms with van der Waals surface area (Å²) in [5.41, 5.74) is 1.26. The zero-order valence-corrected chi connectivity index (χ0v) is 14.6. The minimum Gasteiger partial charge on any atom is -0.273 e. The first-order valence-corrected chi connectivity index (χ1v) is 8.09. The smallest absolute Gasteiger partial charge is 0.273 e. The van der Waals surface area contributed by atoms with Gasteiger partial charge in [0.2, 0.25) is 0 Å². The predicted molar refractivity (Wildman–Crippen MR) is 94.3 cm³/mol. The van der Waals surface area contributed by atoms with Crippen LogP contribution in [0.4, 0.5) is 14.9 Å². The highest BCUT2D eigenvalue weighted by Gasteiger charge is 2.36. The van der Waals surface area contributed by atoms with Crippen molar-refractivity contribution >= 4 is 45.5 Å². The SMILES string of the molecule is Cc1cc(N2C(=O)NC(=O)C(=Cc3cccc(F)c3)C2=O)ccc1Br. The number of aryl methyl sites for hydroxylation is 1. The van der Waals surface area contributed by atoms with Gasteiger partial charge in [-0.1, -0.05) is 28.1 Å². The van der Waals surface area contributed by atoms with Crippen LogP contribution in [-0.4, -0.2) is 17.8 Å². The molecule has 1 N–H and O–H groups in total. The molecule has 0 aromatic heterocycles. The van der Waals surface area contributed by atoms with Crippen LogP contribution in [-0.2, 0) is 9.59 Å². The molecule has 1 aliphatic rings. The molecule has 7 heteroatoms. The Morgan fingerprint density at radius 2 is 1.88 bits per heavy atom. The summed E-state index contributed by atoms with van der Waals surface area (Å²) in [5, 5.41) is 2.13. The van der Waals surface area contributed by atoms with E-state index < -0.39 is 23.7 Å². The predicted octanol–water partition coefficient (Wildman–Crippen LogP) is 3.56. The van der Waals surface area contributed by atoms with E-state index in [0.29, 0.717) is 11.3 Å². The number of urea groups is 1. The maximum Gasteiger partial charge on any atom is 0.335 e. The van der Waals surface area contributed by atoms with Gasteiger partial charge in [0.25, 0.3) is 11.8 Å². The van der Waals surface area contributed by atoms with Gasteiger partial charge < -0.3 is 0 Å². The third-order valence-electron chi connectivity index (χ3n) is 3.66. The van der Waals surface area contributed by atoms with Crippen LogP contribution in [0.2, 0.25) is 0 Å². The molecule has 2 aromatic carbocycles. The van der Waals surface area contributed by atoms with Gasteiger partial charge in [-0.05, 0) is 54.5 Å². The molecule has 0 bridgehead atoms. The van der Waals surface area contributed by atoms with Crippen molar-refractivity contribution in [1.82, 2.24) is 5.32 Å². The number of halogens is 2. The molecule has 1 fully saturated rings. The number of imide groups is 2. The van der Waals surface area contributed by atoms with Crippen molar-refractivity contribution in [3.05, 3.63) is 69.5 Å². The molecular formula is C18H12BrFN2O3. The Morgan fingerprint density at radius 1 is 1.12 bits per heavy atom. The minimum atomic E-state index is -0.826. The highest BCUT2D eigenvalue weighted by Crippen LogP contribution is 2.26. The van der Waals surface area contributed by atoms with E-state index in [9.17, 15) is 18.8 Å². The van der Waals surface area contributed by atoms with E-state index >= 15 is 0 Å². The van der Waals surface area contributed by atoms with Crippen LogP contribution in [0.5, 0.6) is 0 Å². The van der Waals surface area contributed by atoms with Crippen LogP contribution in [0.25, 0.3) is 6.08 Å². The van der Waals surface area contributed by atoms with Gasteiger partial charge in [0, 0.05) is 4.47 Å². The maximum absolute atomic E-state index is 13.3. The Kier molecular flexibility index (Phi) is 4.50. The minimum absolute atomic E-state index is 0.245. The van der Waals surface area contributed by atoms with Gasteiger partial charge in [0.05, 0.1) is 5.69 Å². The molecule has 5 nitrogen and oxygen atoms in total. The van der Waals surface area contributed by atoms with E-state index in [-0.39, 0.29) is 5.57 Å². The number of hydrogen-bond donors (Lipinski definition) is 1. The summed E-state index contributed by atoms with van der Waals surface area (Å²) in [6, 6.07) is 9.59. The molecule has 4 amide bonds. The van der Waals surface area contributed by atoms with Crippen molar-refractivity contribution < 1.29 is 18.8 Å². The van der Waals surface area contributed by atoms with Gasteiger partial charge >= 0.3 is 6.03 Å². The third kappa shape index (κ3) is 3.36. The summed E-state index contributed by atoms with van der Waals surface area (Å²) in [7, 11) is 0. The van der Waals surface area contributed by atoms with E-state index in [1.807, 2.05) is 6.92 Å². The van der Waals surface area contributed by atoms with Crippen LogP contribution in [0.3, 0.4) is 0 Å². The summed E-state index contributed by atoms with van der Waals surface area (Å²) in [6.07, 6.45) is 1.26. The average Bonchev–Trinajstić information content (AvgIpc) is 2.55. The van der Waals surface area contributed by atoms with E-state index in [2.05, 4.69) is 21.2 Å². The molecule has 0 atom stereocenters. The highest BCUT2D eigenvalue weighted by atomic mass is 79.9. The number of hydrogen-bond acceptors (Lipinski definition) is 3.